The van der Waals surface area contributed by atoms with Crippen molar-refractivity contribution in [3.63, 3.8) is 0 Å². The Balaban J connectivity index is 1.95. The molecule has 6 nitrogen and oxygen atoms in total. The van der Waals surface area contributed by atoms with E-state index in [1.54, 1.807) is 30.8 Å². The molecule has 0 bridgehead atoms. The maximum atomic E-state index is 12.0. The van der Waals surface area contributed by atoms with Gasteiger partial charge in [-0.05, 0) is 31.7 Å². The van der Waals surface area contributed by atoms with Crippen LogP contribution in [0.15, 0.2) is 12.3 Å². The van der Waals surface area contributed by atoms with Gasteiger partial charge in [0, 0.05) is 25.7 Å². The zero-order chi connectivity index (χ0) is 15.4. The van der Waals surface area contributed by atoms with E-state index in [0.29, 0.717) is 24.4 Å². The molecule has 2 rings (SSSR count). The predicted octanol–water partition coefficient (Wildman–Crippen LogP) is 1.66. The monoisotopic (exact) mass is 293 g/mol. The molecule has 0 aromatic carbocycles. The van der Waals surface area contributed by atoms with Crippen LogP contribution in [0.25, 0.3) is 0 Å². The van der Waals surface area contributed by atoms with Crippen molar-refractivity contribution in [2.75, 3.05) is 11.9 Å². The molecule has 1 aromatic rings. The van der Waals surface area contributed by atoms with Crippen LogP contribution in [0.3, 0.4) is 0 Å². The number of amides is 1. The van der Waals surface area contributed by atoms with Gasteiger partial charge in [-0.25, -0.2) is 4.79 Å². The van der Waals surface area contributed by atoms with E-state index in [0.717, 1.165) is 19.3 Å². The maximum Gasteiger partial charge on any atom is 0.355 e. The summed E-state index contributed by atoms with van der Waals surface area (Å²) in [7, 11) is 1.74. The Bertz CT molecular complexity index is 524. The van der Waals surface area contributed by atoms with Crippen molar-refractivity contribution in [2.24, 2.45) is 18.7 Å². The van der Waals surface area contributed by atoms with E-state index in [2.05, 4.69) is 5.32 Å². The second-order valence-electron chi connectivity index (χ2n) is 5.55. The zero-order valence-electron chi connectivity index (χ0n) is 12.6. The highest BCUT2D eigenvalue weighted by molar-refractivity contribution is 5.94. The van der Waals surface area contributed by atoms with Gasteiger partial charge in [-0.3, -0.25) is 4.79 Å². The summed E-state index contributed by atoms with van der Waals surface area (Å²) < 4.78 is 6.61. The van der Waals surface area contributed by atoms with Gasteiger partial charge in [0.15, 0.2) is 0 Å². The number of esters is 1. The molecular formula is C15H23N3O3. The number of nitrogens with two attached hydrogens (primary N) is 1. The zero-order valence-corrected chi connectivity index (χ0v) is 12.6. The number of aromatic nitrogens is 1. The fraction of sp³-hybridized carbons (Fsp3) is 0.600. The Morgan fingerprint density at radius 1 is 1.48 bits per heavy atom. The largest absolute Gasteiger partial charge is 0.461 e. The van der Waals surface area contributed by atoms with Crippen LogP contribution in [0.4, 0.5) is 5.69 Å². The van der Waals surface area contributed by atoms with Crippen LogP contribution in [0.5, 0.6) is 0 Å². The minimum atomic E-state index is -0.390. The Labute approximate surface area is 124 Å². The van der Waals surface area contributed by atoms with Crippen molar-refractivity contribution in [3.05, 3.63) is 18.0 Å². The minimum absolute atomic E-state index is 0.0571. The van der Waals surface area contributed by atoms with Crippen molar-refractivity contribution in [2.45, 2.75) is 38.6 Å². The summed E-state index contributed by atoms with van der Waals surface area (Å²) in [5.74, 6) is -0.185. The molecule has 1 aromatic heterocycles. The number of carbonyl (C=O) groups is 2. The van der Waals surface area contributed by atoms with Crippen molar-refractivity contribution in [1.29, 1.82) is 0 Å². The highest BCUT2D eigenvalue weighted by Crippen LogP contribution is 2.27. The van der Waals surface area contributed by atoms with E-state index in [9.17, 15) is 9.59 Å². The quantitative estimate of drug-likeness (QED) is 0.808. The molecule has 1 aliphatic carbocycles. The van der Waals surface area contributed by atoms with E-state index < -0.39 is 5.97 Å². The molecule has 6 heteroatoms. The molecule has 2 atom stereocenters. The maximum absolute atomic E-state index is 12.0. The number of aryl methyl sites for hydroxylation is 1. The third-order valence-corrected chi connectivity index (χ3v) is 3.94. The number of ether oxygens (including phenoxy) is 1. The molecule has 0 spiro atoms. The van der Waals surface area contributed by atoms with Crippen LogP contribution in [0.2, 0.25) is 0 Å². The average Bonchev–Trinajstić information content (AvgIpc) is 2.97. The molecule has 0 unspecified atom stereocenters. The van der Waals surface area contributed by atoms with E-state index >= 15 is 0 Å². The summed E-state index contributed by atoms with van der Waals surface area (Å²) in [6.45, 7) is 2.08. The van der Waals surface area contributed by atoms with Gasteiger partial charge in [-0.1, -0.05) is 6.42 Å². The summed E-state index contributed by atoms with van der Waals surface area (Å²) in [4.78, 5) is 23.8. The minimum Gasteiger partial charge on any atom is -0.461 e. The normalized spacial score (nSPS) is 21.3. The van der Waals surface area contributed by atoms with Crippen LogP contribution < -0.4 is 11.1 Å². The molecule has 1 fully saturated rings. The lowest BCUT2D eigenvalue weighted by molar-refractivity contribution is -0.117. The number of nitrogens with one attached hydrogen (secondary N) is 1. The van der Waals surface area contributed by atoms with Gasteiger partial charge in [0.1, 0.15) is 5.69 Å². The lowest BCUT2D eigenvalue weighted by atomic mass is 10.00. The Hall–Kier alpha value is -1.82. The van der Waals surface area contributed by atoms with Crippen molar-refractivity contribution in [3.8, 4) is 0 Å². The predicted molar refractivity (Wildman–Crippen MR) is 79.9 cm³/mol. The van der Waals surface area contributed by atoms with Gasteiger partial charge in [0.2, 0.25) is 5.91 Å². The molecule has 1 heterocycles. The molecule has 3 N–H and O–H groups in total. The van der Waals surface area contributed by atoms with Crippen LogP contribution in [0.1, 0.15) is 43.1 Å². The fourth-order valence-electron chi connectivity index (χ4n) is 2.81. The average molecular weight is 293 g/mol. The second kappa shape index (κ2) is 6.76. The van der Waals surface area contributed by atoms with Gasteiger partial charge >= 0.3 is 5.97 Å². The van der Waals surface area contributed by atoms with Gasteiger partial charge in [-0.15, -0.1) is 0 Å². The summed E-state index contributed by atoms with van der Waals surface area (Å²) in [5.41, 5.74) is 7.01. The Kier molecular flexibility index (Phi) is 5.01. The number of carbonyl (C=O) groups excluding carboxylic acids is 2. The van der Waals surface area contributed by atoms with E-state index in [4.69, 9.17) is 10.5 Å². The molecule has 0 saturated heterocycles. The number of hydrogen-bond donors (Lipinski definition) is 2. The summed E-state index contributed by atoms with van der Waals surface area (Å²) in [6, 6.07) is 1.76. The highest BCUT2D eigenvalue weighted by atomic mass is 16.5. The second-order valence-corrected chi connectivity index (χ2v) is 5.55. The molecule has 1 amide bonds. The van der Waals surface area contributed by atoms with Crippen molar-refractivity contribution < 1.29 is 14.3 Å². The number of nitrogens with zero attached hydrogens (tertiary/aromatic N) is 1. The number of hydrogen-bond acceptors (Lipinski definition) is 4. The summed E-state index contributed by atoms with van der Waals surface area (Å²) >= 11 is 0. The third-order valence-electron chi connectivity index (χ3n) is 3.94. The first-order valence-electron chi connectivity index (χ1n) is 7.40. The lowest BCUT2D eigenvalue weighted by Gasteiger charge is -2.14. The van der Waals surface area contributed by atoms with Gasteiger partial charge in [0.25, 0.3) is 0 Å². The number of rotatable bonds is 5. The van der Waals surface area contributed by atoms with Crippen LogP contribution in [-0.4, -0.2) is 29.1 Å². The fourth-order valence-corrected chi connectivity index (χ4v) is 2.81. The smallest absolute Gasteiger partial charge is 0.355 e. The SMILES string of the molecule is CCOC(=O)c1cc(NC(=O)C[C@@H]2CCC[C@H]2N)cn1C. The molecule has 116 valence electrons. The van der Waals surface area contributed by atoms with Crippen LogP contribution in [-0.2, 0) is 16.6 Å². The van der Waals surface area contributed by atoms with Crippen LogP contribution in [0, 0.1) is 5.92 Å². The van der Waals surface area contributed by atoms with Gasteiger partial charge in [-0.2, -0.15) is 0 Å². The first kappa shape index (κ1) is 15.6. The first-order chi connectivity index (χ1) is 10.0. The van der Waals surface area contributed by atoms with Crippen molar-refractivity contribution >= 4 is 17.6 Å². The standard InChI is InChI=1S/C15H23N3O3/c1-3-21-15(20)13-8-11(9-18(13)2)17-14(19)7-10-5-4-6-12(10)16/h8-10,12H,3-7,16H2,1-2H3,(H,17,19)/t10-,12+/m0/s1. The highest BCUT2D eigenvalue weighted by Gasteiger charge is 2.26. The van der Waals surface area contributed by atoms with Crippen LogP contribution >= 0.6 is 0 Å². The van der Waals surface area contributed by atoms with Gasteiger partial charge in [0.05, 0.1) is 12.3 Å². The van der Waals surface area contributed by atoms with Crippen molar-refractivity contribution in [1.82, 2.24) is 4.57 Å². The third kappa shape index (κ3) is 3.85. The number of anilines is 1. The van der Waals surface area contributed by atoms with E-state index in [-0.39, 0.29) is 17.9 Å². The lowest BCUT2D eigenvalue weighted by Crippen LogP contribution is -2.28. The molecule has 1 aliphatic rings. The topological polar surface area (TPSA) is 86.3 Å². The summed E-state index contributed by atoms with van der Waals surface area (Å²) in [6.07, 6.45) is 5.24. The molecule has 0 radical (unpaired) electrons. The molecule has 0 aliphatic heterocycles. The van der Waals surface area contributed by atoms with E-state index in [1.807, 2.05) is 0 Å². The molecular weight excluding hydrogens is 270 g/mol. The Morgan fingerprint density at radius 2 is 2.24 bits per heavy atom. The Morgan fingerprint density at radius 3 is 2.86 bits per heavy atom. The summed E-state index contributed by atoms with van der Waals surface area (Å²) in [5, 5.41) is 2.82. The van der Waals surface area contributed by atoms with Gasteiger partial charge < -0.3 is 20.4 Å². The molecule has 1 saturated carbocycles. The first-order valence-corrected chi connectivity index (χ1v) is 7.40. The van der Waals surface area contributed by atoms with E-state index in [1.165, 1.54) is 0 Å². The molecule has 21 heavy (non-hydrogen) atoms.